The average molecular weight is 256 g/mol. The Morgan fingerprint density at radius 3 is 3.00 bits per heavy atom. The van der Waals surface area contributed by atoms with Gasteiger partial charge in [-0.3, -0.25) is 4.98 Å². The predicted molar refractivity (Wildman–Crippen MR) is 56.0 cm³/mol. The first-order valence-electron chi connectivity index (χ1n) is 4.00. The van der Waals surface area contributed by atoms with E-state index in [-0.39, 0.29) is 5.82 Å². The van der Waals surface area contributed by atoms with E-state index in [1.807, 2.05) is 0 Å². The van der Waals surface area contributed by atoms with E-state index in [2.05, 4.69) is 20.9 Å². The monoisotopic (exact) mass is 255 g/mol. The maximum Gasteiger partial charge on any atom is 0.153 e. The minimum absolute atomic E-state index is 0.347. The number of pyridine rings is 1. The quantitative estimate of drug-likeness (QED) is 0.781. The van der Waals surface area contributed by atoms with Gasteiger partial charge in [0.15, 0.2) is 5.82 Å². The number of methoxy groups -OCH3 is 1. The second kappa shape index (κ2) is 3.53. The first-order valence-corrected chi connectivity index (χ1v) is 4.80. The van der Waals surface area contributed by atoms with Crippen LogP contribution in [0.2, 0.25) is 0 Å². The summed E-state index contributed by atoms with van der Waals surface area (Å²) < 4.78 is 19.2. The molecule has 0 spiro atoms. The summed E-state index contributed by atoms with van der Waals surface area (Å²) in [5.41, 5.74) is 0.347. The SMILES string of the molecule is COc1cc(F)c2ncccc2c1Br. The van der Waals surface area contributed by atoms with Crippen molar-refractivity contribution in [2.75, 3.05) is 7.11 Å². The fourth-order valence-corrected chi connectivity index (χ4v) is 1.90. The smallest absolute Gasteiger partial charge is 0.153 e. The summed E-state index contributed by atoms with van der Waals surface area (Å²) in [5.74, 6) is 0.101. The number of nitrogens with zero attached hydrogens (tertiary/aromatic N) is 1. The lowest BCUT2D eigenvalue weighted by Gasteiger charge is -2.06. The second-order valence-electron chi connectivity index (χ2n) is 2.77. The van der Waals surface area contributed by atoms with Gasteiger partial charge in [-0.15, -0.1) is 0 Å². The Morgan fingerprint density at radius 1 is 1.50 bits per heavy atom. The third kappa shape index (κ3) is 1.35. The van der Waals surface area contributed by atoms with Gasteiger partial charge in [-0.2, -0.15) is 0 Å². The first kappa shape index (κ1) is 9.40. The molecule has 0 unspecified atom stereocenters. The second-order valence-corrected chi connectivity index (χ2v) is 3.57. The highest BCUT2D eigenvalue weighted by Crippen LogP contribution is 2.33. The molecule has 1 aromatic carbocycles. The van der Waals surface area contributed by atoms with Crippen molar-refractivity contribution >= 4 is 26.8 Å². The Hall–Kier alpha value is -1.16. The van der Waals surface area contributed by atoms with Gasteiger partial charge < -0.3 is 4.74 Å². The highest BCUT2D eigenvalue weighted by atomic mass is 79.9. The lowest BCUT2D eigenvalue weighted by atomic mass is 10.2. The van der Waals surface area contributed by atoms with Crippen LogP contribution in [0.4, 0.5) is 4.39 Å². The van der Waals surface area contributed by atoms with E-state index < -0.39 is 0 Å². The van der Waals surface area contributed by atoms with Gasteiger partial charge in [-0.25, -0.2) is 4.39 Å². The summed E-state index contributed by atoms with van der Waals surface area (Å²) in [7, 11) is 1.50. The highest BCUT2D eigenvalue weighted by molar-refractivity contribution is 9.10. The van der Waals surface area contributed by atoms with Crippen molar-refractivity contribution in [3.63, 3.8) is 0 Å². The number of rotatable bonds is 1. The largest absolute Gasteiger partial charge is 0.495 e. The van der Waals surface area contributed by atoms with E-state index in [4.69, 9.17) is 4.74 Å². The number of halogens is 2. The van der Waals surface area contributed by atoms with Crippen molar-refractivity contribution in [1.29, 1.82) is 0 Å². The Morgan fingerprint density at radius 2 is 2.29 bits per heavy atom. The zero-order valence-electron chi connectivity index (χ0n) is 7.42. The Kier molecular flexibility index (Phi) is 2.37. The molecule has 0 saturated carbocycles. The third-order valence-corrected chi connectivity index (χ3v) is 2.78. The molecule has 0 aliphatic heterocycles. The molecule has 0 N–H and O–H groups in total. The van der Waals surface area contributed by atoms with Crippen LogP contribution in [0.25, 0.3) is 10.9 Å². The van der Waals surface area contributed by atoms with Crippen molar-refractivity contribution in [1.82, 2.24) is 4.98 Å². The maximum atomic E-state index is 13.5. The summed E-state index contributed by atoms with van der Waals surface area (Å²) in [5, 5.41) is 0.712. The van der Waals surface area contributed by atoms with Crippen LogP contribution in [0.3, 0.4) is 0 Å². The van der Waals surface area contributed by atoms with Crippen LogP contribution in [-0.4, -0.2) is 12.1 Å². The molecule has 0 aliphatic carbocycles. The molecule has 0 atom stereocenters. The summed E-state index contributed by atoms with van der Waals surface area (Å²) in [6.07, 6.45) is 1.56. The molecule has 4 heteroatoms. The van der Waals surface area contributed by atoms with Crippen LogP contribution in [-0.2, 0) is 0 Å². The lowest BCUT2D eigenvalue weighted by molar-refractivity contribution is 0.410. The van der Waals surface area contributed by atoms with Crippen molar-refractivity contribution in [2.45, 2.75) is 0 Å². The van der Waals surface area contributed by atoms with Crippen molar-refractivity contribution in [3.8, 4) is 5.75 Å². The van der Waals surface area contributed by atoms with E-state index in [1.54, 1.807) is 18.3 Å². The Bertz CT molecular complexity index is 487. The zero-order chi connectivity index (χ0) is 10.1. The van der Waals surface area contributed by atoms with Crippen LogP contribution in [0, 0.1) is 5.82 Å². The number of hydrogen-bond donors (Lipinski definition) is 0. The highest BCUT2D eigenvalue weighted by Gasteiger charge is 2.10. The van der Waals surface area contributed by atoms with Gasteiger partial charge >= 0.3 is 0 Å². The molecular formula is C10H7BrFNO. The van der Waals surface area contributed by atoms with Crippen molar-refractivity contribution in [2.24, 2.45) is 0 Å². The van der Waals surface area contributed by atoms with Crippen LogP contribution in [0.1, 0.15) is 0 Å². The van der Waals surface area contributed by atoms with Crippen LogP contribution < -0.4 is 4.74 Å². The summed E-state index contributed by atoms with van der Waals surface area (Å²) in [6.45, 7) is 0. The number of hydrogen-bond acceptors (Lipinski definition) is 2. The molecule has 0 fully saturated rings. The molecule has 2 aromatic rings. The molecule has 72 valence electrons. The fourth-order valence-electron chi connectivity index (χ4n) is 1.30. The van der Waals surface area contributed by atoms with Gasteiger partial charge in [0.25, 0.3) is 0 Å². The van der Waals surface area contributed by atoms with E-state index in [1.165, 1.54) is 13.2 Å². The van der Waals surface area contributed by atoms with Gasteiger partial charge in [0.2, 0.25) is 0 Å². The molecule has 0 bridgehead atoms. The van der Waals surface area contributed by atoms with Gasteiger partial charge in [0.05, 0.1) is 11.6 Å². The minimum Gasteiger partial charge on any atom is -0.495 e. The average Bonchev–Trinajstić information content (AvgIpc) is 2.23. The standard InChI is InChI=1S/C10H7BrFNO/c1-14-8-5-7(12)10-6(9(8)11)3-2-4-13-10/h2-5H,1H3. The molecule has 1 heterocycles. The van der Waals surface area contributed by atoms with E-state index in [0.717, 1.165) is 4.47 Å². The van der Waals surface area contributed by atoms with Gasteiger partial charge in [-0.1, -0.05) is 0 Å². The Balaban J connectivity index is 2.87. The van der Waals surface area contributed by atoms with E-state index in [9.17, 15) is 4.39 Å². The Labute approximate surface area is 88.8 Å². The zero-order valence-corrected chi connectivity index (χ0v) is 9.01. The van der Waals surface area contributed by atoms with Gasteiger partial charge in [0, 0.05) is 17.6 Å². The molecule has 0 amide bonds. The number of ether oxygens (including phenoxy) is 1. The molecule has 2 rings (SSSR count). The predicted octanol–water partition coefficient (Wildman–Crippen LogP) is 3.15. The molecular weight excluding hydrogens is 249 g/mol. The number of aromatic nitrogens is 1. The van der Waals surface area contributed by atoms with Crippen LogP contribution in [0.5, 0.6) is 5.75 Å². The van der Waals surface area contributed by atoms with Crippen molar-refractivity contribution in [3.05, 3.63) is 34.7 Å². The normalized spacial score (nSPS) is 10.5. The lowest BCUT2D eigenvalue weighted by Crippen LogP contribution is -1.90. The molecule has 0 aliphatic rings. The van der Waals surface area contributed by atoms with Crippen LogP contribution >= 0.6 is 15.9 Å². The molecule has 0 saturated heterocycles. The number of fused-ring (bicyclic) bond motifs is 1. The molecule has 14 heavy (non-hydrogen) atoms. The minimum atomic E-state index is -0.374. The molecule has 0 radical (unpaired) electrons. The number of benzene rings is 1. The molecule has 1 aromatic heterocycles. The maximum absolute atomic E-state index is 13.5. The van der Waals surface area contributed by atoms with Gasteiger partial charge in [-0.05, 0) is 28.1 Å². The van der Waals surface area contributed by atoms with Crippen LogP contribution in [0.15, 0.2) is 28.9 Å². The van der Waals surface area contributed by atoms with E-state index in [0.29, 0.717) is 16.7 Å². The topological polar surface area (TPSA) is 22.1 Å². The summed E-state index contributed by atoms with van der Waals surface area (Å²) >= 11 is 3.34. The fraction of sp³-hybridized carbons (Fsp3) is 0.100. The first-order chi connectivity index (χ1) is 6.74. The van der Waals surface area contributed by atoms with Gasteiger partial charge in [0.1, 0.15) is 11.3 Å². The van der Waals surface area contributed by atoms with E-state index >= 15 is 0 Å². The van der Waals surface area contributed by atoms with Crippen molar-refractivity contribution < 1.29 is 9.13 Å². The summed E-state index contributed by atoms with van der Waals surface area (Å²) in [4.78, 5) is 3.96. The summed E-state index contributed by atoms with van der Waals surface area (Å²) in [6, 6.07) is 4.86. The molecule has 2 nitrogen and oxygen atoms in total. The third-order valence-electron chi connectivity index (χ3n) is 1.96.